The number of imidazole rings is 1. The molecule has 0 unspecified atom stereocenters. The van der Waals surface area contributed by atoms with Gasteiger partial charge < -0.3 is 15.2 Å². The van der Waals surface area contributed by atoms with Gasteiger partial charge in [-0.15, -0.1) is 0 Å². The van der Waals surface area contributed by atoms with Crippen LogP contribution in [-0.2, 0) is 11.8 Å². The molecule has 3 rings (SSSR count). The van der Waals surface area contributed by atoms with Gasteiger partial charge in [0, 0.05) is 37.1 Å². The average Bonchev–Trinajstić information content (AvgIpc) is 3.16. The molecule has 0 aliphatic heterocycles. The van der Waals surface area contributed by atoms with Crippen molar-refractivity contribution in [3.63, 3.8) is 0 Å². The van der Waals surface area contributed by atoms with Crippen LogP contribution in [-0.4, -0.2) is 32.8 Å². The third kappa shape index (κ3) is 4.85. The Bertz CT molecular complexity index is 1080. The zero-order valence-electron chi connectivity index (χ0n) is 15.9. The fourth-order valence-electron chi connectivity index (χ4n) is 2.84. The van der Waals surface area contributed by atoms with Gasteiger partial charge in [-0.1, -0.05) is 18.2 Å². The normalized spacial score (nSPS) is 11.5. The van der Waals surface area contributed by atoms with Crippen molar-refractivity contribution in [2.45, 2.75) is 6.04 Å². The summed E-state index contributed by atoms with van der Waals surface area (Å²) in [5.41, 5.74) is 0.457. The van der Waals surface area contributed by atoms with Crippen LogP contribution in [0.2, 0.25) is 0 Å². The lowest BCUT2D eigenvalue weighted by molar-refractivity contribution is -0.384. The van der Waals surface area contributed by atoms with Crippen LogP contribution in [0.3, 0.4) is 0 Å². The summed E-state index contributed by atoms with van der Waals surface area (Å²) in [5, 5.41) is 16.0. The summed E-state index contributed by atoms with van der Waals surface area (Å²) in [4.78, 5) is 39.2. The van der Waals surface area contributed by atoms with Gasteiger partial charge >= 0.3 is 0 Å². The highest BCUT2D eigenvalue weighted by atomic mass is 19.1. The number of amides is 2. The molecule has 0 aliphatic rings. The van der Waals surface area contributed by atoms with Crippen LogP contribution in [0.5, 0.6) is 0 Å². The Labute approximate surface area is 170 Å². The Morgan fingerprint density at radius 2 is 1.97 bits per heavy atom. The largest absolute Gasteiger partial charge is 0.343 e. The molecule has 1 aromatic heterocycles. The van der Waals surface area contributed by atoms with Gasteiger partial charge in [0.2, 0.25) is 5.91 Å². The number of benzene rings is 2. The number of non-ortho nitro benzene ring substituents is 1. The number of aromatic nitrogens is 2. The first-order valence-electron chi connectivity index (χ1n) is 8.90. The summed E-state index contributed by atoms with van der Waals surface area (Å²) in [7, 11) is 1.76. The van der Waals surface area contributed by atoms with Crippen LogP contribution < -0.4 is 10.6 Å². The summed E-state index contributed by atoms with van der Waals surface area (Å²) in [6.07, 6.45) is 3.28. The zero-order valence-corrected chi connectivity index (χ0v) is 15.9. The Balaban J connectivity index is 1.70. The summed E-state index contributed by atoms with van der Waals surface area (Å²) in [6.45, 7) is -0.357. The van der Waals surface area contributed by atoms with E-state index in [1.54, 1.807) is 24.0 Å². The fourth-order valence-corrected chi connectivity index (χ4v) is 2.84. The van der Waals surface area contributed by atoms with Crippen LogP contribution in [0.4, 0.5) is 10.1 Å². The molecule has 9 nitrogen and oxygen atoms in total. The number of halogens is 1. The van der Waals surface area contributed by atoms with Crippen molar-refractivity contribution in [3.05, 3.63) is 93.8 Å². The Kier molecular flexibility index (Phi) is 6.16. The molecular weight excluding hydrogens is 393 g/mol. The molecule has 0 bridgehead atoms. The molecule has 0 saturated heterocycles. The van der Waals surface area contributed by atoms with E-state index in [1.165, 1.54) is 42.5 Å². The number of nitro benzene ring substituents is 1. The summed E-state index contributed by atoms with van der Waals surface area (Å²) in [5.74, 6) is -1.01. The third-order valence-electron chi connectivity index (χ3n) is 4.35. The molecule has 0 radical (unpaired) electrons. The lowest BCUT2D eigenvalue weighted by Gasteiger charge is -2.19. The predicted molar refractivity (Wildman–Crippen MR) is 105 cm³/mol. The standard InChI is InChI=1S/C20H18FN5O4/c1-25-10-9-22-19(25)18(13-5-7-15(21)8-6-13)24-17(27)12-23-20(28)14-3-2-4-16(11-14)26(29)30/h2-11,18H,12H2,1H3,(H,23,28)(H,24,27)/t18-/m1/s1. The highest BCUT2D eigenvalue weighted by Gasteiger charge is 2.21. The summed E-state index contributed by atoms with van der Waals surface area (Å²) >= 11 is 0. The van der Waals surface area contributed by atoms with Crippen molar-refractivity contribution in [1.29, 1.82) is 0 Å². The molecule has 1 heterocycles. The van der Waals surface area contributed by atoms with Gasteiger partial charge in [-0.25, -0.2) is 9.37 Å². The number of carbonyl (C=O) groups is 2. The maximum atomic E-state index is 13.3. The fraction of sp³-hybridized carbons (Fsp3) is 0.150. The van der Waals surface area contributed by atoms with E-state index in [0.29, 0.717) is 11.4 Å². The van der Waals surface area contributed by atoms with Gasteiger partial charge in [-0.2, -0.15) is 0 Å². The van der Waals surface area contributed by atoms with Crippen LogP contribution in [0.1, 0.15) is 27.8 Å². The van der Waals surface area contributed by atoms with Crippen molar-refractivity contribution < 1.29 is 18.9 Å². The van der Waals surface area contributed by atoms with E-state index in [9.17, 15) is 24.1 Å². The van der Waals surface area contributed by atoms with Crippen molar-refractivity contribution in [1.82, 2.24) is 20.2 Å². The molecule has 2 N–H and O–H groups in total. The number of carbonyl (C=O) groups excluding carboxylic acids is 2. The first-order chi connectivity index (χ1) is 14.3. The molecule has 10 heteroatoms. The minimum Gasteiger partial charge on any atom is -0.343 e. The van der Waals surface area contributed by atoms with Gasteiger partial charge in [0.25, 0.3) is 11.6 Å². The topological polar surface area (TPSA) is 119 Å². The number of nitro groups is 1. The van der Waals surface area contributed by atoms with Crippen LogP contribution in [0.25, 0.3) is 0 Å². The van der Waals surface area contributed by atoms with E-state index in [4.69, 9.17) is 0 Å². The second-order valence-electron chi connectivity index (χ2n) is 6.44. The number of rotatable bonds is 7. The number of nitrogens with one attached hydrogen (secondary N) is 2. The van der Waals surface area contributed by atoms with E-state index < -0.39 is 28.6 Å². The number of aryl methyl sites for hydroxylation is 1. The van der Waals surface area contributed by atoms with Gasteiger partial charge in [-0.05, 0) is 23.8 Å². The number of hydrogen-bond acceptors (Lipinski definition) is 5. The van der Waals surface area contributed by atoms with Crippen molar-refractivity contribution in [2.24, 2.45) is 7.05 Å². The SMILES string of the molecule is Cn1ccnc1[C@H](NC(=O)CNC(=O)c1cccc([N+](=O)[O-])c1)c1ccc(F)cc1. The molecular formula is C20H18FN5O4. The Morgan fingerprint density at radius 1 is 1.23 bits per heavy atom. The minimum atomic E-state index is -0.659. The molecule has 1 atom stereocenters. The second kappa shape index (κ2) is 8.95. The van der Waals surface area contributed by atoms with E-state index in [-0.39, 0.29) is 17.8 Å². The quantitative estimate of drug-likeness (QED) is 0.456. The highest BCUT2D eigenvalue weighted by molar-refractivity contribution is 5.97. The zero-order chi connectivity index (χ0) is 21.7. The van der Waals surface area contributed by atoms with E-state index in [0.717, 1.165) is 6.07 Å². The molecule has 30 heavy (non-hydrogen) atoms. The average molecular weight is 411 g/mol. The maximum Gasteiger partial charge on any atom is 0.270 e. The second-order valence-corrected chi connectivity index (χ2v) is 6.44. The molecule has 154 valence electrons. The molecule has 0 saturated carbocycles. The molecule has 0 aliphatic carbocycles. The van der Waals surface area contributed by atoms with Crippen LogP contribution in [0, 0.1) is 15.9 Å². The predicted octanol–water partition coefficient (Wildman–Crippen LogP) is 2.10. The monoisotopic (exact) mass is 411 g/mol. The lowest BCUT2D eigenvalue weighted by atomic mass is 10.1. The van der Waals surface area contributed by atoms with E-state index in [2.05, 4.69) is 15.6 Å². The molecule has 2 aromatic carbocycles. The molecule has 3 aromatic rings. The number of nitrogens with zero attached hydrogens (tertiary/aromatic N) is 3. The first-order valence-corrected chi connectivity index (χ1v) is 8.90. The lowest BCUT2D eigenvalue weighted by Crippen LogP contribution is -2.39. The highest BCUT2D eigenvalue weighted by Crippen LogP contribution is 2.20. The van der Waals surface area contributed by atoms with Gasteiger partial charge in [0.15, 0.2) is 0 Å². The molecule has 2 amide bonds. The van der Waals surface area contributed by atoms with Crippen molar-refractivity contribution in [3.8, 4) is 0 Å². The van der Waals surface area contributed by atoms with Crippen molar-refractivity contribution >= 4 is 17.5 Å². The minimum absolute atomic E-state index is 0.0659. The van der Waals surface area contributed by atoms with Crippen molar-refractivity contribution in [2.75, 3.05) is 6.54 Å². The third-order valence-corrected chi connectivity index (χ3v) is 4.35. The smallest absolute Gasteiger partial charge is 0.270 e. The Hall–Kier alpha value is -4.08. The van der Waals surface area contributed by atoms with Crippen LogP contribution >= 0.6 is 0 Å². The maximum absolute atomic E-state index is 13.3. The molecule has 0 spiro atoms. The van der Waals surface area contributed by atoms with E-state index in [1.807, 2.05) is 0 Å². The van der Waals surface area contributed by atoms with Crippen LogP contribution in [0.15, 0.2) is 60.9 Å². The summed E-state index contributed by atoms with van der Waals surface area (Å²) in [6, 6.07) is 10.2. The van der Waals surface area contributed by atoms with Gasteiger partial charge in [0.1, 0.15) is 17.7 Å². The number of hydrogen-bond donors (Lipinski definition) is 2. The summed E-state index contributed by atoms with van der Waals surface area (Å²) < 4.78 is 15.0. The Morgan fingerprint density at radius 3 is 2.60 bits per heavy atom. The van der Waals surface area contributed by atoms with Gasteiger partial charge in [-0.3, -0.25) is 19.7 Å². The molecule has 0 fully saturated rings. The van der Waals surface area contributed by atoms with Gasteiger partial charge in [0.05, 0.1) is 11.5 Å². The van der Waals surface area contributed by atoms with E-state index >= 15 is 0 Å². The first kappa shape index (κ1) is 20.6.